The van der Waals surface area contributed by atoms with Crippen LogP contribution in [0.3, 0.4) is 0 Å². The Balaban J connectivity index is 1.85. The van der Waals surface area contributed by atoms with E-state index >= 15 is 0 Å². The van der Waals surface area contributed by atoms with Gasteiger partial charge in [0.25, 0.3) is 5.88 Å². The number of benzene rings is 2. The normalized spacial score (nSPS) is 10.9. The van der Waals surface area contributed by atoms with E-state index in [9.17, 15) is 9.59 Å². The number of rotatable bonds is 8. The van der Waals surface area contributed by atoms with Crippen molar-refractivity contribution in [3.05, 3.63) is 75.9 Å². The summed E-state index contributed by atoms with van der Waals surface area (Å²) in [5.74, 6) is -1.11. The Morgan fingerprint density at radius 2 is 1.90 bits per heavy atom. The lowest BCUT2D eigenvalue weighted by Gasteiger charge is -2.07. The van der Waals surface area contributed by atoms with Crippen molar-refractivity contribution in [1.82, 2.24) is 15.1 Å². The highest BCUT2D eigenvalue weighted by Crippen LogP contribution is 2.18. The molecular formula is C21H19ClN4O4. The van der Waals surface area contributed by atoms with Gasteiger partial charge >= 0.3 is 5.97 Å². The Labute approximate surface area is 178 Å². The molecule has 0 bridgehead atoms. The van der Waals surface area contributed by atoms with E-state index in [-0.39, 0.29) is 30.6 Å². The molecule has 9 heteroatoms. The maximum atomic E-state index is 12.4. The third-order valence-electron chi connectivity index (χ3n) is 4.08. The van der Waals surface area contributed by atoms with Crippen molar-refractivity contribution in [1.29, 1.82) is 0 Å². The van der Waals surface area contributed by atoms with Gasteiger partial charge in [-0.25, -0.2) is 4.79 Å². The van der Waals surface area contributed by atoms with Crippen LogP contribution in [0.15, 0.2) is 53.6 Å². The van der Waals surface area contributed by atoms with E-state index in [2.05, 4.69) is 15.4 Å². The second kappa shape index (κ2) is 9.80. The summed E-state index contributed by atoms with van der Waals surface area (Å²) >= 11 is 5.85. The molecular weight excluding hydrogens is 408 g/mol. The highest BCUT2D eigenvalue weighted by molar-refractivity contribution is 6.30. The molecule has 0 aliphatic rings. The van der Waals surface area contributed by atoms with Crippen LogP contribution in [-0.2, 0) is 4.74 Å². The summed E-state index contributed by atoms with van der Waals surface area (Å²) in [5, 5.41) is 12.4. The molecule has 0 radical (unpaired) electrons. The molecule has 0 amide bonds. The lowest BCUT2D eigenvalue weighted by Crippen LogP contribution is -2.15. The summed E-state index contributed by atoms with van der Waals surface area (Å²) < 4.78 is 10.6. The lowest BCUT2D eigenvalue weighted by atomic mass is 10.1. The van der Waals surface area contributed by atoms with E-state index in [4.69, 9.17) is 21.1 Å². The first-order valence-corrected chi connectivity index (χ1v) is 9.51. The average Bonchev–Trinajstić information content (AvgIpc) is 3.15. The number of nitrogens with zero attached hydrogens (tertiary/aromatic N) is 4. The summed E-state index contributed by atoms with van der Waals surface area (Å²) in [4.78, 5) is 25.7. The number of hydrogen-bond acceptors (Lipinski definition) is 7. The molecule has 0 atom stereocenters. The summed E-state index contributed by atoms with van der Waals surface area (Å²) in [5.41, 5.74) is 2.11. The third kappa shape index (κ3) is 5.09. The predicted molar refractivity (Wildman–Crippen MR) is 111 cm³/mol. The number of carbonyl (C=O) groups is 2. The van der Waals surface area contributed by atoms with Crippen LogP contribution in [-0.4, -0.2) is 46.3 Å². The second-order valence-electron chi connectivity index (χ2n) is 6.17. The topological polar surface area (TPSA) is 95.7 Å². The van der Waals surface area contributed by atoms with E-state index < -0.39 is 5.97 Å². The van der Waals surface area contributed by atoms with Gasteiger partial charge in [0.2, 0.25) is 5.69 Å². The Hall–Kier alpha value is -3.52. The van der Waals surface area contributed by atoms with Crippen LogP contribution in [0.4, 0.5) is 0 Å². The van der Waals surface area contributed by atoms with Gasteiger partial charge in [0, 0.05) is 10.6 Å². The van der Waals surface area contributed by atoms with Gasteiger partial charge in [-0.3, -0.25) is 4.79 Å². The van der Waals surface area contributed by atoms with Gasteiger partial charge in [-0.1, -0.05) is 40.7 Å². The molecule has 3 aromatic rings. The monoisotopic (exact) mass is 426 g/mol. The largest absolute Gasteiger partial charge is 0.466 e. The molecule has 1 aromatic heterocycles. The molecule has 0 spiro atoms. The molecule has 0 fully saturated rings. The first-order valence-electron chi connectivity index (χ1n) is 9.14. The SMILES string of the molecule is CCOC(=O)c1nnn(N=Cc2ccccc2C)c1OCC(=O)c1ccc(Cl)cc1. The van der Waals surface area contributed by atoms with Gasteiger partial charge in [-0.2, -0.15) is 5.10 Å². The van der Waals surface area contributed by atoms with Crippen LogP contribution in [0.5, 0.6) is 5.88 Å². The van der Waals surface area contributed by atoms with Crippen molar-refractivity contribution < 1.29 is 19.1 Å². The highest BCUT2D eigenvalue weighted by atomic mass is 35.5. The smallest absolute Gasteiger partial charge is 0.364 e. The summed E-state index contributed by atoms with van der Waals surface area (Å²) in [6.45, 7) is 3.42. The molecule has 1 heterocycles. The lowest BCUT2D eigenvalue weighted by molar-refractivity contribution is 0.0512. The molecule has 0 N–H and O–H groups in total. The third-order valence-corrected chi connectivity index (χ3v) is 4.34. The van der Waals surface area contributed by atoms with E-state index in [1.165, 1.54) is 0 Å². The fourth-order valence-corrected chi connectivity index (χ4v) is 2.62. The number of aromatic nitrogens is 3. The fraction of sp³-hybridized carbons (Fsp3) is 0.190. The molecule has 30 heavy (non-hydrogen) atoms. The zero-order valence-electron chi connectivity index (χ0n) is 16.4. The van der Waals surface area contributed by atoms with E-state index in [0.717, 1.165) is 15.9 Å². The second-order valence-corrected chi connectivity index (χ2v) is 6.61. The maximum Gasteiger partial charge on any atom is 0.364 e. The minimum atomic E-state index is -0.719. The fourth-order valence-electron chi connectivity index (χ4n) is 2.50. The molecule has 0 unspecified atom stereocenters. The van der Waals surface area contributed by atoms with Crippen LogP contribution in [0.2, 0.25) is 5.02 Å². The zero-order valence-corrected chi connectivity index (χ0v) is 17.2. The van der Waals surface area contributed by atoms with Gasteiger partial charge in [-0.15, -0.1) is 5.10 Å². The van der Waals surface area contributed by atoms with Gasteiger partial charge < -0.3 is 9.47 Å². The minimum Gasteiger partial charge on any atom is -0.466 e. The number of aryl methyl sites for hydroxylation is 1. The van der Waals surface area contributed by atoms with Crippen molar-refractivity contribution in [3.63, 3.8) is 0 Å². The number of hydrogen-bond donors (Lipinski definition) is 0. The van der Waals surface area contributed by atoms with Gasteiger partial charge in [0.15, 0.2) is 12.4 Å². The minimum absolute atomic E-state index is 0.0828. The van der Waals surface area contributed by atoms with Crippen molar-refractivity contribution in [2.24, 2.45) is 5.10 Å². The zero-order chi connectivity index (χ0) is 21.5. The number of halogens is 1. The average molecular weight is 427 g/mol. The number of ether oxygens (including phenoxy) is 2. The summed E-state index contributed by atoms with van der Waals surface area (Å²) in [6.07, 6.45) is 1.56. The van der Waals surface area contributed by atoms with Crippen molar-refractivity contribution >= 4 is 29.6 Å². The quantitative estimate of drug-likeness (QED) is 0.310. The van der Waals surface area contributed by atoms with Crippen molar-refractivity contribution in [3.8, 4) is 5.88 Å². The predicted octanol–water partition coefficient (Wildman–Crippen LogP) is 3.56. The van der Waals surface area contributed by atoms with E-state index in [0.29, 0.717) is 10.6 Å². The molecule has 3 rings (SSSR count). The first kappa shape index (κ1) is 21.2. The number of esters is 1. The Kier molecular flexibility index (Phi) is 6.92. The van der Waals surface area contributed by atoms with Crippen molar-refractivity contribution in [2.75, 3.05) is 13.2 Å². The van der Waals surface area contributed by atoms with Crippen LogP contribution in [0.25, 0.3) is 0 Å². The van der Waals surface area contributed by atoms with Gasteiger partial charge in [-0.05, 0) is 54.5 Å². The molecule has 0 aliphatic carbocycles. The number of carbonyl (C=O) groups excluding carboxylic acids is 2. The summed E-state index contributed by atoms with van der Waals surface area (Å²) in [6, 6.07) is 14.0. The molecule has 0 saturated carbocycles. The van der Waals surface area contributed by atoms with Crippen LogP contribution in [0, 0.1) is 6.92 Å². The van der Waals surface area contributed by atoms with E-state index in [1.54, 1.807) is 37.4 Å². The number of Topliss-reactive ketones (excluding diaryl/α,β-unsaturated/α-hetero) is 1. The van der Waals surface area contributed by atoms with Crippen LogP contribution < -0.4 is 4.74 Å². The standard InChI is InChI=1S/C21H19ClN4O4/c1-3-29-21(28)19-20(30-13-18(27)15-8-10-17(22)11-9-15)26(25-24-19)23-12-16-7-5-4-6-14(16)2/h4-12H,3,13H2,1-2H3. The van der Waals surface area contributed by atoms with E-state index in [1.807, 2.05) is 31.2 Å². The van der Waals surface area contributed by atoms with Crippen LogP contribution in [0.1, 0.15) is 38.9 Å². The number of ketones is 1. The Morgan fingerprint density at radius 1 is 1.17 bits per heavy atom. The molecule has 0 saturated heterocycles. The first-order chi connectivity index (χ1) is 14.5. The van der Waals surface area contributed by atoms with Gasteiger partial charge in [0.05, 0.1) is 12.8 Å². The molecule has 8 nitrogen and oxygen atoms in total. The van der Waals surface area contributed by atoms with Crippen molar-refractivity contribution in [2.45, 2.75) is 13.8 Å². The molecule has 154 valence electrons. The Bertz CT molecular complexity index is 1080. The summed E-state index contributed by atoms with van der Waals surface area (Å²) in [7, 11) is 0. The molecule has 2 aromatic carbocycles. The Morgan fingerprint density at radius 3 is 2.60 bits per heavy atom. The highest BCUT2D eigenvalue weighted by Gasteiger charge is 2.24. The van der Waals surface area contributed by atoms with Gasteiger partial charge in [0.1, 0.15) is 0 Å². The maximum absolute atomic E-state index is 12.4. The molecule has 0 aliphatic heterocycles. The van der Waals surface area contributed by atoms with Crippen LogP contribution >= 0.6 is 11.6 Å².